The van der Waals surface area contributed by atoms with Gasteiger partial charge in [0.1, 0.15) is 6.07 Å². The second-order valence-electron chi connectivity index (χ2n) is 3.87. The Morgan fingerprint density at radius 1 is 1.44 bits per heavy atom. The maximum Gasteiger partial charge on any atom is 0.101 e. The summed E-state index contributed by atoms with van der Waals surface area (Å²) in [6, 6.07) is 9.03. The van der Waals surface area contributed by atoms with Crippen LogP contribution in [0.1, 0.15) is 17.2 Å². The summed E-state index contributed by atoms with van der Waals surface area (Å²) in [6.07, 6.45) is -0.583. The number of rotatable bonds is 4. The SMILES string of the molecule is N#Cc1cc(N)ccc1NCC(O)c1ccsc1. The zero-order chi connectivity index (χ0) is 13.0. The summed E-state index contributed by atoms with van der Waals surface area (Å²) in [7, 11) is 0. The van der Waals surface area contributed by atoms with Crippen molar-refractivity contribution < 1.29 is 5.11 Å². The molecule has 2 aromatic rings. The third-order valence-corrected chi connectivity index (χ3v) is 3.28. The Kier molecular flexibility index (Phi) is 3.82. The van der Waals surface area contributed by atoms with Crippen LogP contribution in [-0.2, 0) is 0 Å². The topological polar surface area (TPSA) is 82.1 Å². The molecule has 4 N–H and O–H groups in total. The average Bonchev–Trinajstić information content (AvgIpc) is 2.90. The molecule has 0 aliphatic rings. The van der Waals surface area contributed by atoms with E-state index in [0.29, 0.717) is 23.5 Å². The van der Waals surface area contributed by atoms with Gasteiger partial charge in [0, 0.05) is 12.2 Å². The summed E-state index contributed by atoms with van der Waals surface area (Å²) < 4.78 is 0. The first kappa shape index (κ1) is 12.4. The molecule has 0 bridgehead atoms. The third-order valence-electron chi connectivity index (χ3n) is 2.58. The Morgan fingerprint density at radius 3 is 2.94 bits per heavy atom. The van der Waals surface area contributed by atoms with Crippen LogP contribution < -0.4 is 11.1 Å². The van der Waals surface area contributed by atoms with E-state index >= 15 is 0 Å². The molecule has 1 aromatic heterocycles. The van der Waals surface area contributed by atoms with Crippen molar-refractivity contribution in [1.82, 2.24) is 0 Å². The number of hydrogen-bond acceptors (Lipinski definition) is 5. The predicted octanol–water partition coefficient (Wildman–Crippen LogP) is 2.35. The Morgan fingerprint density at radius 2 is 2.28 bits per heavy atom. The van der Waals surface area contributed by atoms with E-state index in [1.165, 1.54) is 0 Å². The number of thiophene rings is 1. The van der Waals surface area contributed by atoms with Gasteiger partial charge in [-0.3, -0.25) is 0 Å². The van der Waals surface area contributed by atoms with Crippen LogP contribution in [-0.4, -0.2) is 11.7 Å². The molecule has 5 heteroatoms. The highest BCUT2D eigenvalue weighted by atomic mass is 32.1. The molecule has 4 nitrogen and oxygen atoms in total. The largest absolute Gasteiger partial charge is 0.399 e. The van der Waals surface area contributed by atoms with Crippen LogP contribution in [0.5, 0.6) is 0 Å². The van der Waals surface area contributed by atoms with Gasteiger partial charge in [0.25, 0.3) is 0 Å². The number of nitriles is 1. The summed E-state index contributed by atoms with van der Waals surface area (Å²) in [5, 5.41) is 25.8. The van der Waals surface area contributed by atoms with Crippen LogP contribution in [0, 0.1) is 11.3 Å². The van der Waals surface area contributed by atoms with Crippen molar-refractivity contribution in [2.45, 2.75) is 6.10 Å². The number of nitrogen functional groups attached to an aromatic ring is 1. The Balaban J connectivity index is 2.05. The van der Waals surface area contributed by atoms with Crippen molar-refractivity contribution in [3.63, 3.8) is 0 Å². The minimum absolute atomic E-state index is 0.356. The molecule has 0 amide bonds. The number of nitrogens with one attached hydrogen (secondary N) is 1. The fourth-order valence-corrected chi connectivity index (χ4v) is 2.30. The zero-order valence-electron chi connectivity index (χ0n) is 9.63. The summed E-state index contributed by atoms with van der Waals surface area (Å²) in [6.45, 7) is 0.356. The van der Waals surface area contributed by atoms with Gasteiger partial charge in [-0.15, -0.1) is 0 Å². The lowest BCUT2D eigenvalue weighted by atomic mass is 10.1. The molecule has 2 rings (SSSR count). The highest BCUT2D eigenvalue weighted by Crippen LogP contribution is 2.20. The van der Waals surface area contributed by atoms with Crippen LogP contribution in [0.2, 0.25) is 0 Å². The van der Waals surface area contributed by atoms with E-state index in [2.05, 4.69) is 11.4 Å². The van der Waals surface area contributed by atoms with Crippen molar-refractivity contribution in [1.29, 1.82) is 5.26 Å². The number of anilines is 2. The van der Waals surface area contributed by atoms with Gasteiger partial charge in [0.2, 0.25) is 0 Å². The summed E-state index contributed by atoms with van der Waals surface area (Å²) in [4.78, 5) is 0. The van der Waals surface area contributed by atoms with Gasteiger partial charge in [0.15, 0.2) is 0 Å². The first-order valence-electron chi connectivity index (χ1n) is 5.44. The van der Waals surface area contributed by atoms with Gasteiger partial charge >= 0.3 is 0 Å². The molecule has 1 atom stereocenters. The molecule has 0 spiro atoms. The van der Waals surface area contributed by atoms with Gasteiger partial charge < -0.3 is 16.2 Å². The minimum Gasteiger partial charge on any atom is -0.399 e. The quantitative estimate of drug-likeness (QED) is 0.736. The number of benzene rings is 1. The summed E-state index contributed by atoms with van der Waals surface area (Å²) in [5.41, 5.74) is 8.20. The summed E-state index contributed by atoms with van der Waals surface area (Å²) in [5.74, 6) is 0. The molecule has 0 aliphatic heterocycles. The van der Waals surface area contributed by atoms with Gasteiger partial charge in [-0.25, -0.2) is 0 Å². The van der Waals surface area contributed by atoms with Gasteiger partial charge in [-0.1, -0.05) is 0 Å². The van der Waals surface area contributed by atoms with Crippen molar-refractivity contribution in [2.75, 3.05) is 17.6 Å². The Bertz CT molecular complexity index is 560. The van der Waals surface area contributed by atoms with Crippen molar-refractivity contribution in [2.24, 2.45) is 0 Å². The highest BCUT2D eigenvalue weighted by Gasteiger charge is 2.09. The van der Waals surface area contributed by atoms with E-state index < -0.39 is 6.10 Å². The van der Waals surface area contributed by atoms with Crippen molar-refractivity contribution >= 4 is 22.7 Å². The number of hydrogen-bond donors (Lipinski definition) is 3. The minimum atomic E-state index is -0.583. The lowest BCUT2D eigenvalue weighted by Crippen LogP contribution is -2.12. The third kappa shape index (κ3) is 2.80. The molecule has 1 aromatic carbocycles. The van der Waals surface area contributed by atoms with E-state index in [9.17, 15) is 5.11 Å². The molecule has 92 valence electrons. The zero-order valence-corrected chi connectivity index (χ0v) is 10.4. The number of aliphatic hydroxyl groups is 1. The van der Waals surface area contributed by atoms with Gasteiger partial charge in [-0.05, 0) is 40.6 Å². The first-order chi connectivity index (χ1) is 8.70. The summed E-state index contributed by atoms with van der Waals surface area (Å²) >= 11 is 1.54. The van der Waals surface area contributed by atoms with Crippen LogP contribution in [0.3, 0.4) is 0 Å². The molecule has 0 saturated carbocycles. The standard InChI is InChI=1S/C13H13N3OS/c14-6-10-5-11(15)1-2-12(10)16-7-13(17)9-3-4-18-8-9/h1-5,8,13,16-17H,7,15H2. The normalized spacial score (nSPS) is 11.8. The predicted molar refractivity (Wildman–Crippen MR) is 73.3 cm³/mol. The Hall–Kier alpha value is -2.03. The molecule has 1 unspecified atom stereocenters. The fourth-order valence-electron chi connectivity index (χ4n) is 1.60. The molecule has 0 saturated heterocycles. The Labute approximate surface area is 109 Å². The molecule has 0 fully saturated rings. The van der Waals surface area contributed by atoms with Gasteiger partial charge in [-0.2, -0.15) is 16.6 Å². The maximum atomic E-state index is 9.93. The number of aliphatic hydroxyl groups excluding tert-OH is 1. The average molecular weight is 259 g/mol. The molecule has 1 heterocycles. The maximum absolute atomic E-state index is 9.93. The van der Waals surface area contributed by atoms with E-state index in [1.807, 2.05) is 16.8 Å². The molecule has 0 aliphatic carbocycles. The van der Waals surface area contributed by atoms with Crippen molar-refractivity contribution in [3.05, 3.63) is 46.2 Å². The number of nitrogens with two attached hydrogens (primary N) is 1. The van der Waals surface area contributed by atoms with Crippen LogP contribution in [0.25, 0.3) is 0 Å². The second kappa shape index (κ2) is 5.54. The molecule has 0 radical (unpaired) electrons. The van der Waals surface area contributed by atoms with Crippen LogP contribution in [0.4, 0.5) is 11.4 Å². The van der Waals surface area contributed by atoms with Gasteiger partial charge in [0.05, 0.1) is 17.4 Å². The second-order valence-corrected chi connectivity index (χ2v) is 4.65. The van der Waals surface area contributed by atoms with E-state index in [-0.39, 0.29) is 0 Å². The van der Waals surface area contributed by atoms with E-state index in [0.717, 1.165) is 5.56 Å². The lowest BCUT2D eigenvalue weighted by Gasteiger charge is -2.13. The highest BCUT2D eigenvalue weighted by molar-refractivity contribution is 7.07. The van der Waals surface area contributed by atoms with Crippen molar-refractivity contribution in [3.8, 4) is 6.07 Å². The smallest absolute Gasteiger partial charge is 0.101 e. The fraction of sp³-hybridized carbons (Fsp3) is 0.154. The van der Waals surface area contributed by atoms with Crippen LogP contribution in [0.15, 0.2) is 35.0 Å². The molecule has 18 heavy (non-hydrogen) atoms. The van der Waals surface area contributed by atoms with Crippen LogP contribution >= 0.6 is 11.3 Å². The van der Waals surface area contributed by atoms with E-state index in [1.54, 1.807) is 29.5 Å². The number of nitrogens with zero attached hydrogens (tertiary/aromatic N) is 1. The van der Waals surface area contributed by atoms with E-state index in [4.69, 9.17) is 11.0 Å². The first-order valence-corrected chi connectivity index (χ1v) is 6.38. The lowest BCUT2D eigenvalue weighted by molar-refractivity contribution is 0.192. The molecular weight excluding hydrogens is 246 g/mol. The molecular formula is C13H13N3OS. The monoisotopic (exact) mass is 259 g/mol.